The number of benzene rings is 2. The van der Waals surface area contributed by atoms with E-state index in [0.717, 1.165) is 0 Å². The third kappa shape index (κ3) is 3.64. The molecule has 9 heteroatoms. The van der Waals surface area contributed by atoms with Crippen LogP contribution in [-0.4, -0.2) is 15.1 Å². The molecule has 0 aliphatic rings. The molecule has 122 valence electrons. The number of rotatable bonds is 5. The summed E-state index contributed by atoms with van der Waals surface area (Å²) in [4.78, 5) is 14.3. The Balaban J connectivity index is 1.71. The van der Waals surface area contributed by atoms with E-state index < -0.39 is 4.92 Å². The van der Waals surface area contributed by atoms with Crippen LogP contribution < -0.4 is 4.74 Å². The molecule has 0 saturated heterocycles. The Hall–Kier alpha value is -2.64. The lowest BCUT2D eigenvalue weighted by Gasteiger charge is -2.05. The summed E-state index contributed by atoms with van der Waals surface area (Å²) in [7, 11) is 0. The average molecular weight is 366 g/mol. The molecule has 0 saturated carbocycles. The first-order valence-corrected chi connectivity index (χ1v) is 7.44. The van der Waals surface area contributed by atoms with Crippen molar-refractivity contribution in [2.45, 2.75) is 6.61 Å². The first-order chi connectivity index (χ1) is 11.5. The highest BCUT2D eigenvalue weighted by Gasteiger charge is 2.12. The lowest BCUT2D eigenvalue weighted by Crippen LogP contribution is -1.96. The first kappa shape index (κ1) is 16.2. The van der Waals surface area contributed by atoms with E-state index in [1.165, 1.54) is 12.1 Å². The van der Waals surface area contributed by atoms with Crippen LogP contribution in [0.5, 0.6) is 5.75 Å². The van der Waals surface area contributed by atoms with Gasteiger partial charge in [-0.15, -0.1) is 0 Å². The normalized spacial score (nSPS) is 10.6. The van der Waals surface area contributed by atoms with Gasteiger partial charge < -0.3 is 9.26 Å². The Kier molecular flexibility index (Phi) is 4.64. The average Bonchev–Trinajstić information content (AvgIpc) is 3.05. The second-order valence-corrected chi connectivity index (χ2v) is 5.52. The fourth-order valence-corrected chi connectivity index (χ4v) is 2.22. The van der Waals surface area contributed by atoms with E-state index in [1.807, 2.05) is 0 Å². The molecular formula is C15H9Cl2N3O4. The number of nitro groups is 1. The zero-order chi connectivity index (χ0) is 17.1. The number of non-ortho nitro benzene ring substituents is 1. The minimum absolute atomic E-state index is 0.0126. The van der Waals surface area contributed by atoms with Crippen molar-refractivity contribution in [3.8, 4) is 17.1 Å². The third-order valence-corrected chi connectivity index (χ3v) is 3.60. The second-order valence-electron chi connectivity index (χ2n) is 4.68. The molecule has 3 aromatic rings. The maximum Gasteiger partial charge on any atom is 0.269 e. The number of nitrogens with zero attached hydrogens (tertiary/aromatic N) is 3. The van der Waals surface area contributed by atoms with Gasteiger partial charge in [-0.2, -0.15) is 4.98 Å². The molecule has 0 aliphatic carbocycles. The number of hydrogen-bond acceptors (Lipinski definition) is 6. The zero-order valence-electron chi connectivity index (χ0n) is 12.0. The van der Waals surface area contributed by atoms with Crippen molar-refractivity contribution < 1.29 is 14.2 Å². The van der Waals surface area contributed by atoms with E-state index >= 15 is 0 Å². The summed E-state index contributed by atoms with van der Waals surface area (Å²) in [5.74, 6) is 0.944. The van der Waals surface area contributed by atoms with Crippen LogP contribution in [0.25, 0.3) is 11.4 Å². The minimum Gasteiger partial charge on any atom is -0.482 e. The molecule has 0 N–H and O–H groups in total. The fraction of sp³-hybridized carbons (Fsp3) is 0.0667. The predicted octanol–water partition coefficient (Wildman–Crippen LogP) is 4.53. The summed E-state index contributed by atoms with van der Waals surface area (Å²) in [6.07, 6.45) is 0. The Morgan fingerprint density at radius 2 is 1.92 bits per heavy atom. The van der Waals surface area contributed by atoms with Gasteiger partial charge in [-0.3, -0.25) is 10.1 Å². The van der Waals surface area contributed by atoms with Gasteiger partial charge in [0.05, 0.1) is 9.95 Å². The molecule has 0 unspecified atom stereocenters. The van der Waals surface area contributed by atoms with Gasteiger partial charge in [0.1, 0.15) is 5.75 Å². The number of aromatic nitrogens is 2. The van der Waals surface area contributed by atoms with E-state index in [1.54, 1.807) is 30.3 Å². The predicted molar refractivity (Wildman–Crippen MR) is 87.2 cm³/mol. The summed E-state index contributed by atoms with van der Waals surface area (Å²) in [6, 6.07) is 10.7. The van der Waals surface area contributed by atoms with E-state index in [4.69, 9.17) is 32.5 Å². The molecule has 3 rings (SSSR count). The smallest absolute Gasteiger partial charge is 0.269 e. The SMILES string of the molecule is O=[N+]([O-])c1ccc(-c2noc(COc3cc(Cl)ccc3Cl)n2)cc1. The fourth-order valence-electron chi connectivity index (χ4n) is 1.89. The van der Waals surface area contributed by atoms with Crippen molar-refractivity contribution in [3.05, 3.63) is 68.5 Å². The van der Waals surface area contributed by atoms with E-state index in [9.17, 15) is 10.1 Å². The van der Waals surface area contributed by atoms with E-state index in [0.29, 0.717) is 27.2 Å². The maximum absolute atomic E-state index is 10.6. The van der Waals surface area contributed by atoms with Crippen molar-refractivity contribution in [1.29, 1.82) is 0 Å². The number of ether oxygens (including phenoxy) is 1. The molecule has 0 fully saturated rings. The lowest BCUT2D eigenvalue weighted by atomic mass is 10.2. The van der Waals surface area contributed by atoms with Crippen LogP contribution in [0.3, 0.4) is 0 Å². The zero-order valence-corrected chi connectivity index (χ0v) is 13.5. The van der Waals surface area contributed by atoms with Crippen molar-refractivity contribution >= 4 is 28.9 Å². The highest BCUT2D eigenvalue weighted by Crippen LogP contribution is 2.28. The van der Waals surface area contributed by atoms with Crippen molar-refractivity contribution in [2.24, 2.45) is 0 Å². The van der Waals surface area contributed by atoms with Crippen LogP contribution in [0, 0.1) is 10.1 Å². The molecule has 2 aromatic carbocycles. The third-order valence-electron chi connectivity index (χ3n) is 3.05. The lowest BCUT2D eigenvalue weighted by molar-refractivity contribution is -0.384. The molecule has 0 atom stereocenters. The monoisotopic (exact) mass is 365 g/mol. The van der Waals surface area contributed by atoms with Crippen LogP contribution in [-0.2, 0) is 6.61 Å². The Bertz CT molecular complexity index is 881. The summed E-state index contributed by atoms with van der Waals surface area (Å²) in [5, 5.41) is 15.4. The molecule has 0 radical (unpaired) electrons. The van der Waals surface area contributed by atoms with Crippen LogP contribution >= 0.6 is 23.2 Å². The summed E-state index contributed by atoms with van der Waals surface area (Å²) in [5.41, 5.74) is 0.581. The molecule has 0 amide bonds. The van der Waals surface area contributed by atoms with Gasteiger partial charge >= 0.3 is 0 Å². The standard InChI is InChI=1S/C15H9Cl2N3O4/c16-10-3-6-12(17)13(7-10)23-8-14-18-15(19-24-14)9-1-4-11(5-2-9)20(21)22/h1-7H,8H2. The van der Waals surface area contributed by atoms with E-state index in [2.05, 4.69) is 10.1 Å². The summed E-state index contributed by atoms with van der Waals surface area (Å²) < 4.78 is 10.6. The van der Waals surface area contributed by atoms with Gasteiger partial charge in [0.2, 0.25) is 5.82 Å². The molecule has 0 spiro atoms. The van der Waals surface area contributed by atoms with Gasteiger partial charge in [-0.25, -0.2) is 0 Å². The minimum atomic E-state index is -0.478. The van der Waals surface area contributed by atoms with Gasteiger partial charge in [0.25, 0.3) is 11.6 Å². The van der Waals surface area contributed by atoms with Crippen LogP contribution in [0.1, 0.15) is 5.89 Å². The largest absolute Gasteiger partial charge is 0.482 e. The summed E-state index contributed by atoms with van der Waals surface area (Å²) >= 11 is 11.9. The van der Waals surface area contributed by atoms with Gasteiger partial charge in [0, 0.05) is 28.8 Å². The summed E-state index contributed by atoms with van der Waals surface area (Å²) in [6.45, 7) is 0.0139. The van der Waals surface area contributed by atoms with Crippen molar-refractivity contribution in [2.75, 3.05) is 0 Å². The molecule has 0 bridgehead atoms. The maximum atomic E-state index is 10.6. The number of hydrogen-bond donors (Lipinski definition) is 0. The van der Waals surface area contributed by atoms with Crippen molar-refractivity contribution in [1.82, 2.24) is 10.1 Å². The molecule has 24 heavy (non-hydrogen) atoms. The topological polar surface area (TPSA) is 91.3 Å². The highest BCUT2D eigenvalue weighted by molar-refractivity contribution is 6.34. The molecular weight excluding hydrogens is 357 g/mol. The second kappa shape index (κ2) is 6.86. The first-order valence-electron chi connectivity index (χ1n) is 6.68. The van der Waals surface area contributed by atoms with Gasteiger partial charge in [-0.1, -0.05) is 28.4 Å². The molecule has 7 nitrogen and oxygen atoms in total. The molecule has 1 aromatic heterocycles. The Morgan fingerprint density at radius 3 is 2.62 bits per heavy atom. The van der Waals surface area contributed by atoms with E-state index in [-0.39, 0.29) is 18.2 Å². The van der Waals surface area contributed by atoms with Crippen LogP contribution in [0.15, 0.2) is 47.0 Å². The van der Waals surface area contributed by atoms with Crippen LogP contribution in [0.2, 0.25) is 10.0 Å². The molecule has 1 heterocycles. The number of halogens is 2. The molecule has 0 aliphatic heterocycles. The van der Waals surface area contributed by atoms with Gasteiger partial charge in [-0.05, 0) is 24.3 Å². The Morgan fingerprint density at radius 1 is 1.17 bits per heavy atom. The van der Waals surface area contributed by atoms with Crippen molar-refractivity contribution in [3.63, 3.8) is 0 Å². The Labute approximate surface area is 145 Å². The highest BCUT2D eigenvalue weighted by atomic mass is 35.5. The van der Waals surface area contributed by atoms with Gasteiger partial charge in [0.15, 0.2) is 6.61 Å². The quantitative estimate of drug-likeness (QED) is 0.487. The van der Waals surface area contributed by atoms with Crippen LogP contribution in [0.4, 0.5) is 5.69 Å². The number of nitro benzene ring substituents is 1.